The number of ether oxygens (including phenoxy) is 1. The van der Waals surface area contributed by atoms with Gasteiger partial charge in [0.2, 0.25) is 0 Å². The Bertz CT molecular complexity index is 1000. The fourth-order valence-corrected chi connectivity index (χ4v) is 3.86. The fourth-order valence-electron chi connectivity index (χ4n) is 3.86. The van der Waals surface area contributed by atoms with Crippen molar-refractivity contribution in [2.24, 2.45) is 0 Å². The molecule has 0 amide bonds. The largest absolute Gasteiger partial charge is 0.494 e. The molecule has 1 unspecified atom stereocenters. The molecule has 2 aromatic carbocycles. The summed E-state index contributed by atoms with van der Waals surface area (Å²) in [5.41, 5.74) is 3.23. The van der Waals surface area contributed by atoms with Crippen molar-refractivity contribution in [2.45, 2.75) is 45.1 Å². The van der Waals surface area contributed by atoms with Crippen LogP contribution in [0.3, 0.4) is 0 Å². The van der Waals surface area contributed by atoms with Crippen LogP contribution in [0.1, 0.15) is 42.4 Å². The number of piperidine rings is 1. The summed E-state index contributed by atoms with van der Waals surface area (Å²) in [5.74, 6) is 0.856. The average Bonchev–Trinajstić information content (AvgIpc) is 2.70. The van der Waals surface area contributed by atoms with Gasteiger partial charge in [0.15, 0.2) is 0 Å². The van der Waals surface area contributed by atoms with Gasteiger partial charge in [0.1, 0.15) is 11.3 Å². The molecule has 1 saturated heterocycles. The lowest BCUT2D eigenvalue weighted by Crippen LogP contribution is -2.35. The van der Waals surface area contributed by atoms with Gasteiger partial charge in [-0.1, -0.05) is 30.2 Å². The minimum atomic E-state index is -0.272. The molecule has 4 rings (SSSR count). The van der Waals surface area contributed by atoms with Gasteiger partial charge in [-0.05, 0) is 68.6 Å². The fraction of sp³-hybridized carbons (Fsp3) is 0.375. The molecule has 3 aromatic rings. The van der Waals surface area contributed by atoms with Crippen LogP contribution in [0.2, 0.25) is 0 Å². The number of benzene rings is 2. The van der Waals surface area contributed by atoms with E-state index in [0.717, 1.165) is 35.2 Å². The van der Waals surface area contributed by atoms with Crippen LogP contribution >= 0.6 is 0 Å². The topological polar surface area (TPSA) is 51.5 Å². The summed E-state index contributed by atoms with van der Waals surface area (Å²) >= 11 is 0. The normalized spacial score (nSPS) is 17.0. The summed E-state index contributed by atoms with van der Waals surface area (Å²) in [4.78, 5) is 12.3. The third kappa shape index (κ3) is 4.63. The molecule has 28 heavy (non-hydrogen) atoms. The molecule has 0 radical (unpaired) electrons. The second-order valence-corrected chi connectivity index (χ2v) is 7.71. The van der Waals surface area contributed by atoms with Crippen LogP contribution in [-0.4, -0.2) is 19.2 Å². The van der Waals surface area contributed by atoms with Crippen LogP contribution < -0.4 is 15.7 Å². The first kappa shape index (κ1) is 18.8. The molecule has 4 nitrogen and oxygen atoms in total. The van der Waals surface area contributed by atoms with Crippen molar-refractivity contribution in [1.82, 2.24) is 5.32 Å². The van der Waals surface area contributed by atoms with E-state index in [4.69, 9.17) is 9.15 Å². The SMILES string of the molecule is Cc1ccc2oc(=O)c(Cc3cccc(OCCC4CCCCN4)c3)cc2c1. The maximum Gasteiger partial charge on any atom is 0.339 e. The first-order valence-electron chi connectivity index (χ1n) is 10.2. The second-order valence-electron chi connectivity index (χ2n) is 7.71. The Morgan fingerprint density at radius 2 is 2.07 bits per heavy atom. The molecule has 0 aliphatic carbocycles. The molecule has 1 aromatic heterocycles. The van der Waals surface area contributed by atoms with E-state index in [1.807, 2.05) is 55.5 Å². The van der Waals surface area contributed by atoms with Crippen LogP contribution in [0.15, 0.2) is 57.7 Å². The first-order chi connectivity index (χ1) is 13.7. The number of nitrogens with one attached hydrogen (secondary N) is 1. The van der Waals surface area contributed by atoms with Crippen molar-refractivity contribution >= 4 is 11.0 Å². The Morgan fingerprint density at radius 1 is 1.14 bits per heavy atom. The summed E-state index contributed by atoms with van der Waals surface area (Å²) in [7, 11) is 0. The highest BCUT2D eigenvalue weighted by atomic mass is 16.5. The van der Waals surface area contributed by atoms with Gasteiger partial charge in [-0.3, -0.25) is 0 Å². The Hall–Kier alpha value is -2.59. The lowest BCUT2D eigenvalue weighted by Gasteiger charge is -2.23. The predicted molar refractivity (Wildman–Crippen MR) is 112 cm³/mol. The molecule has 1 aliphatic heterocycles. The predicted octanol–water partition coefficient (Wildman–Crippen LogP) is 4.60. The second kappa shape index (κ2) is 8.61. The van der Waals surface area contributed by atoms with E-state index in [1.165, 1.54) is 19.3 Å². The van der Waals surface area contributed by atoms with E-state index in [0.29, 0.717) is 30.2 Å². The lowest BCUT2D eigenvalue weighted by atomic mass is 10.0. The highest BCUT2D eigenvalue weighted by molar-refractivity contribution is 5.77. The molecular formula is C24H27NO3. The summed E-state index contributed by atoms with van der Waals surface area (Å²) in [6.45, 7) is 3.86. The van der Waals surface area contributed by atoms with E-state index in [9.17, 15) is 4.79 Å². The monoisotopic (exact) mass is 377 g/mol. The maximum absolute atomic E-state index is 12.3. The molecule has 1 atom stereocenters. The Kier molecular flexibility index (Phi) is 5.77. The summed E-state index contributed by atoms with van der Waals surface area (Å²) in [5, 5.41) is 4.51. The van der Waals surface area contributed by atoms with Gasteiger partial charge >= 0.3 is 5.63 Å². The molecule has 1 fully saturated rings. The van der Waals surface area contributed by atoms with E-state index < -0.39 is 0 Å². The van der Waals surface area contributed by atoms with E-state index >= 15 is 0 Å². The number of rotatable bonds is 6. The van der Waals surface area contributed by atoms with Gasteiger partial charge < -0.3 is 14.5 Å². The highest BCUT2D eigenvalue weighted by Gasteiger charge is 2.12. The Balaban J connectivity index is 1.43. The van der Waals surface area contributed by atoms with Crippen molar-refractivity contribution in [1.29, 1.82) is 0 Å². The zero-order valence-corrected chi connectivity index (χ0v) is 16.4. The number of fused-ring (bicyclic) bond motifs is 1. The molecule has 1 aliphatic rings. The molecule has 0 bridgehead atoms. The van der Waals surface area contributed by atoms with Crippen LogP contribution in [-0.2, 0) is 6.42 Å². The van der Waals surface area contributed by atoms with Crippen molar-refractivity contribution in [3.8, 4) is 5.75 Å². The number of aryl methyl sites for hydroxylation is 1. The van der Waals surface area contributed by atoms with Gasteiger partial charge in [-0.2, -0.15) is 0 Å². The molecule has 146 valence electrons. The Morgan fingerprint density at radius 3 is 2.93 bits per heavy atom. The smallest absolute Gasteiger partial charge is 0.339 e. The number of hydrogen-bond acceptors (Lipinski definition) is 4. The summed E-state index contributed by atoms with van der Waals surface area (Å²) in [6, 6.07) is 16.4. The van der Waals surface area contributed by atoms with E-state index in [2.05, 4.69) is 5.32 Å². The summed E-state index contributed by atoms with van der Waals surface area (Å²) in [6.07, 6.45) is 5.38. The average molecular weight is 377 g/mol. The quantitative estimate of drug-likeness (QED) is 0.638. The maximum atomic E-state index is 12.3. The van der Waals surface area contributed by atoms with Gasteiger partial charge in [-0.15, -0.1) is 0 Å². The van der Waals surface area contributed by atoms with E-state index in [1.54, 1.807) is 0 Å². The van der Waals surface area contributed by atoms with Crippen LogP contribution in [0, 0.1) is 6.92 Å². The Labute approximate surface area is 165 Å². The van der Waals surface area contributed by atoms with Crippen LogP contribution in [0.4, 0.5) is 0 Å². The van der Waals surface area contributed by atoms with Gasteiger partial charge in [0.05, 0.1) is 6.61 Å². The van der Waals surface area contributed by atoms with Gasteiger partial charge in [0.25, 0.3) is 0 Å². The zero-order valence-electron chi connectivity index (χ0n) is 16.4. The van der Waals surface area contributed by atoms with Crippen LogP contribution in [0.25, 0.3) is 11.0 Å². The van der Waals surface area contributed by atoms with Gasteiger partial charge in [-0.25, -0.2) is 4.79 Å². The zero-order chi connectivity index (χ0) is 19.3. The molecule has 1 N–H and O–H groups in total. The third-order valence-corrected chi connectivity index (χ3v) is 5.40. The third-order valence-electron chi connectivity index (χ3n) is 5.40. The van der Waals surface area contributed by atoms with Gasteiger partial charge in [0, 0.05) is 23.4 Å². The molecule has 0 saturated carbocycles. The standard InChI is InChI=1S/C24H27NO3/c1-17-8-9-23-19(13-17)16-20(24(26)28-23)14-18-5-4-7-22(15-18)27-12-10-21-6-2-3-11-25-21/h4-5,7-9,13,15-16,21,25H,2-3,6,10-12,14H2,1H3. The van der Waals surface area contributed by atoms with Crippen molar-refractivity contribution in [2.75, 3.05) is 13.2 Å². The minimum absolute atomic E-state index is 0.272. The van der Waals surface area contributed by atoms with Crippen molar-refractivity contribution in [3.05, 3.63) is 75.6 Å². The highest BCUT2D eigenvalue weighted by Crippen LogP contribution is 2.20. The number of hydrogen-bond donors (Lipinski definition) is 1. The van der Waals surface area contributed by atoms with Crippen molar-refractivity contribution < 1.29 is 9.15 Å². The van der Waals surface area contributed by atoms with Crippen LogP contribution in [0.5, 0.6) is 5.75 Å². The molecule has 2 heterocycles. The minimum Gasteiger partial charge on any atom is -0.494 e. The molecular weight excluding hydrogens is 350 g/mol. The van der Waals surface area contributed by atoms with Crippen molar-refractivity contribution in [3.63, 3.8) is 0 Å². The molecule has 0 spiro atoms. The van der Waals surface area contributed by atoms with E-state index in [-0.39, 0.29) is 5.63 Å². The first-order valence-corrected chi connectivity index (χ1v) is 10.2. The molecule has 4 heteroatoms. The lowest BCUT2D eigenvalue weighted by molar-refractivity contribution is 0.268. The summed E-state index contributed by atoms with van der Waals surface area (Å²) < 4.78 is 11.5.